The SMILES string of the molecule is C=CCSCCNC(=NC)NC1CCN(Cc2cc(OC)cc(OC)c2)C1. The van der Waals surface area contributed by atoms with E-state index in [0.717, 1.165) is 61.6 Å². The van der Waals surface area contributed by atoms with Crippen molar-refractivity contribution in [1.29, 1.82) is 0 Å². The standard InChI is InChI=1S/C20H32N4O2S/c1-5-9-27-10-7-22-20(21-2)23-17-6-8-24(15-17)14-16-11-18(25-3)13-19(12-16)26-4/h5,11-13,17H,1,6-10,14-15H2,2-4H3,(H2,21,22,23). The summed E-state index contributed by atoms with van der Waals surface area (Å²) in [6, 6.07) is 6.46. The number of hydrogen-bond acceptors (Lipinski definition) is 5. The molecule has 1 unspecified atom stereocenters. The molecule has 1 aromatic carbocycles. The van der Waals surface area contributed by atoms with Crippen molar-refractivity contribution in [2.75, 3.05) is 52.4 Å². The van der Waals surface area contributed by atoms with Crippen LogP contribution in [-0.4, -0.2) is 69.3 Å². The first kappa shape index (κ1) is 21.4. The monoisotopic (exact) mass is 392 g/mol. The van der Waals surface area contributed by atoms with Crippen LogP contribution >= 0.6 is 11.8 Å². The zero-order chi connectivity index (χ0) is 19.5. The first-order valence-corrected chi connectivity index (χ1v) is 10.4. The van der Waals surface area contributed by atoms with E-state index in [1.165, 1.54) is 5.56 Å². The third-order valence-electron chi connectivity index (χ3n) is 4.43. The normalized spacial score (nSPS) is 17.6. The summed E-state index contributed by atoms with van der Waals surface area (Å²) in [5.74, 6) is 4.57. The number of nitrogens with one attached hydrogen (secondary N) is 2. The number of ether oxygens (including phenoxy) is 2. The van der Waals surface area contributed by atoms with E-state index in [1.54, 1.807) is 14.2 Å². The van der Waals surface area contributed by atoms with Gasteiger partial charge in [-0.1, -0.05) is 6.08 Å². The third kappa shape index (κ3) is 7.34. The van der Waals surface area contributed by atoms with Gasteiger partial charge in [-0.15, -0.1) is 6.58 Å². The van der Waals surface area contributed by atoms with E-state index >= 15 is 0 Å². The largest absolute Gasteiger partial charge is 0.497 e. The lowest BCUT2D eigenvalue weighted by Gasteiger charge is -2.19. The average Bonchev–Trinajstić information content (AvgIpc) is 3.13. The minimum Gasteiger partial charge on any atom is -0.497 e. The molecule has 1 atom stereocenters. The van der Waals surface area contributed by atoms with Crippen molar-refractivity contribution in [3.63, 3.8) is 0 Å². The van der Waals surface area contributed by atoms with Gasteiger partial charge in [0.2, 0.25) is 0 Å². The summed E-state index contributed by atoms with van der Waals surface area (Å²) in [5.41, 5.74) is 1.20. The van der Waals surface area contributed by atoms with E-state index in [1.807, 2.05) is 31.0 Å². The highest BCUT2D eigenvalue weighted by Gasteiger charge is 2.23. The zero-order valence-corrected chi connectivity index (χ0v) is 17.5. The Morgan fingerprint density at radius 2 is 2.07 bits per heavy atom. The lowest BCUT2D eigenvalue weighted by atomic mass is 10.2. The van der Waals surface area contributed by atoms with Gasteiger partial charge >= 0.3 is 0 Å². The van der Waals surface area contributed by atoms with Crippen molar-refractivity contribution >= 4 is 17.7 Å². The molecule has 1 saturated heterocycles. The Bertz CT molecular complexity index is 602. The molecular weight excluding hydrogens is 360 g/mol. The van der Waals surface area contributed by atoms with Crippen LogP contribution in [0.25, 0.3) is 0 Å². The molecule has 0 bridgehead atoms. The molecule has 0 saturated carbocycles. The quantitative estimate of drug-likeness (QED) is 0.276. The van der Waals surface area contributed by atoms with Gasteiger partial charge in [0.1, 0.15) is 11.5 Å². The van der Waals surface area contributed by atoms with Gasteiger partial charge in [0.15, 0.2) is 5.96 Å². The van der Waals surface area contributed by atoms with Gasteiger partial charge in [-0.05, 0) is 24.1 Å². The van der Waals surface area contributed by atoms with Crippen molar-refractivity contribution in [1.82, 2.24) is 15.5 Å². The van der Waals surface area contributed by atoms with Gasteiger partial charge in [0.25, 0.3) is 0 Å². The van der Waals surface area contributed by atoms with Gasteiger partial charge in [-0.2, -0.15) is 11.8 Å². The Balaban J connectivity index is 1.79. The number of rotatable bonds is 10. The van der Waals surface area contributed by atoms with E-state index in [-0.39, 0.29) is 0 Å². The number of thioether (sulfide) groups is 1. The minimum atomic E-state index is 0.407. The first-order valence-electron chi connectivity index (χ1n) is 9.28. The van der Waals surface area contributed by atoms with Crippen LogP contribution in [0.5, 0.6) is 11.5 Å². The maximum atomic E-state index is 5.37. The fourth-order valence-corrected chi connectivity index (χ4v) is 3.69. The van der Waals surface area contributed by atoms with E-state index in [0.29, 0.717) is 6.04 Å². The van der Waals surface area contributed by atoms with Gasteiger partial charge in [0.05, 0.1) is 14.2 Å². The highest BCUT2D eigenvalue weighted by Crippen LogP contribution is 2.24. The summed E-state index contributed by atoms with van der Waals surface area (Å²) in [5, 5.41) is 6.92. The number of aliphatic imine (C=N–C) groups is 1. The summed E-state index contributed by atoms with van der Waals surface area (Å²) in [4.78, 5) is 6.78. The fraction of sp³-hybridized carbons (Fsp3) is 0.550. The second-order valence-electron chi connectivity index (χ2n) is 6.45. The number of hydrogen-bond donors (Lipinski definition) is 2. The molecule has 6 nitrogen and oxygen atoms in total. The predicted octanol–water partition coefficient (Wildman–Crippen LogP) is 2.36. The Morgan fingerprint density at radius 3 is 2.70 bits per heavy atom. The van der Waals surface area contributed by atoms with Gasteiger partial charge < -0.3 is 20.1 Å². The molecule has 0 amide bonds. The molecule has 0 spiro atoms. The molecule has 0 radical (unpaired) electrons. The fourth-order valence-electron chi connectivity index (χ4n) is 3.11. The van der Waals surface area contributed by atoms with Crippen LogP contribution in [0, 0.1) is 0 Å². The van der Waals surface area contributed by atoms with Crippen LogP contribution in [0.15, 0.2) is 35.8 Å². The lowest BCUT2D eigenvalue weighted by molar-refractivity contribution is 0.321. The Kier molecular flexibility index (Phi) is 9.35. The third-order valence-corrected chi connectivity index (χ3v) is 5.39. The Hall–Kier alpha value is -1.86. The number of nitrogens with zero attached hydrogens (tertiary/aromatic N) is 2. The van der Waals surface area contributed by atoms with Crippen LogP contribution in [-0.2, 0) is 6.54 Å². The van der Waals surface area contributed by atoms with Crippen molar-refractivity contribution in [3.8, 4) is 11.5 Å². The summed E-state index contributed by atoms with van der Waals surface area (Å²) >= 11 is 1.86. The number of guanidine groups is 1. The summed E-state index contributed by atoms with van der Waals surface area (Å²) in [6.07, 6.45) is 3.04. The molecule has 1 heterocycles. The molecule has 2 N–H and O–H groups in total. The first-order chi connectivity index (χ1) is 13.2. The van der Waals surface area contributed by atoms with E-state index in [4.69, 9.17) is 9.47 Å². The maximum absolute atomic E-state index is 5.37. The van der Waals surface area contributed by atoms with Crippen molar-refractivity contribution in [2.24, 2.45) is 4.99 Å². The van der Waals surface area contributed by atoms with Crippen LogP contribution in [0.3, 0.4) is 0 Å². The van der Waals surface area contributed by atoms with E-state index < -0.39 is 0 Å². The van der Waals surface area contributed by atoms with E-state index in [2.05, 4.69) is 39.2 Å². The number of methoxy groups -OCH3 is 2. The molecule has 0 aromatic heterocycles. The highest BCUT2D eigenvalue weighted by atomic mass is 32.2. The summed E-state index contributed by atoms with van der Waals surface area (Å²) in [7, 11) is 5.19. The minimum absolute atomic E-state index is 0.407. The predicted molar refractivity (Wildman–Crippen MR) is 115 cm³/mol. The molecule has 7 heteroatoms. The molecule has 2 rings (SSSR count). The van der Waals surface area contributed by atoms with Crippen LogP contribution in [0.2, 0.25) is 0 Å². The molecule has 0 aliphatic carbocycles. The van der Waals surface area contributed by atoms with Crippen LogP contribution in [0.1, 0.15) is 12.0 Å². The molecule has 1 aromatic rings. The molecule has 1 aliphatic rings. The van der Waals surface area contributed by atoms with Crippen molar-refractivity contribution < 1.29 is 9.47 Å². The molecular formula is C20H32N4O2S. The average molecular weight is 393 g/mol. The molecule has 1 fully saturated rings. The summed E-state index contributed by atoms with van der Waals surface area (Å²) < 4.78 is 10.7. The molecule has 1 aliphatic heterocycles. The van der Waals surface area contributed by atoms with E-state index in [9.17, 15) is 0 Å². The molecule has 27 heavy (non-hydrogen) atoms. The second kappa shape index (κ2) is 11.8. The molecule has 150 valence electrons. The van der Waals surface area contributed by atoms with Crippen LogP contribution in [0.4, 0.5) is 0 Å². The second-order valence-corrected chi connectivity index (χ2v) is 7.60. The maximum Gasteiger partial charge on any atom is 0.191 e. The highest BCUT2D eigenvalue weighted by molar-refractivity contribution is 7.99. The zero-order valence-electron chi connectivity index (χ0n) is 16.7. The smallest absolute Gasteiger partial charge is 0.191 e. The topological polar surface area (TPSA) is 58.1 Å². The van der Waals surface area contributed by atoms with Gasteiger partial charge in [0, 0.05) is 56.8 Å². The van der Waals surface area contributed by atoms with Crippen LogP contribution < -0.4 is 20.1 Å². The van der Waals surface area contributed by atoms with Crippen molar-refractivity contribution in [2.45, 2.75) is 19.0 Å². The van der Waals surface area contributed by atoms with Gasteiger partial charge in [-0.25, -0.2) is 0 Å². The number of likely N-dealkylation sites (tertiary alicyclic amines) is 1. The Labute approximate surface area is 167 Å². The van der Waals surface area contributed by atoms with Crippen molar-refractivity contribution in [3.05, 3.63) is 36.4 Å². The van der Waals surface area contributed by atoms with Gasteiger partial charge in [-0.3, -0.25) is 9.89 Å². The lowest BCUT2D eigenvalue weighted by Crippen LogP contribution is -2.45. The summed E-state index contributed by atoms with van der Waals surface area (Å²) in [6.45, 7) is 7.57. The number of benzene rings is 1. The Morgan fingerprint density at radius 1 is 1.33 bits per heavy atom.